The van der Waals surface area contributed by atoms with E-state index in [2.05, 4.69) is 49.8 Å². The summed E-state index contributed by atoms with van der Waals surface area (Å²) in [6.45, 7) is 11.3. The Morgan fingerprint density at radius 2 is 2.08 bits per heavy atom. The summed E-state index contributed by atoms with van der Waals surface area (Å²) in [4.78, 5) is 15.6. The van der Waals surface area contributed by atoms with E-state index in [4.69, 9.17) is 0 Å². The Hall–Kier alpha value is -1.90. The molecule has 25 heavy (non-hydrogen) atoms. The summed E-state index contributed by atoms with van der Waals surface area (Å²) in [5.41, 5.74) is 6.77. The average Bonchev–Trinajstić information content (AvgIpc) is 2.91. The molecule has 0 bridgehead atoms. The second-order valence-electron chi connectivity index (χ2n) is 7.98. The number of nitrogens with zero attached hydrogens (tertiary/aromatic N) is 1. The van der Waals surface area contributed by atoms with Crippen LogP contribution in [0.1, 0.15) is 73.1 Å². The van der Waals surface area contributed by atoms with Gasteiger partial charge < -0.3 is 4.84 Å². The zero-order chi connectivity index (χ0) is 18.4. The number of carbonyl (C=O) groups is 1. The second-order valence-corrected chi connectivity index (χ2v) is 7.98. The van der Waals surface area contributed by atoms with E-state index >= 15 is 0 Å². The summed E-state index contributed by atoms with van der Waals surface area (Å²) in [5.74, 6) is -0.283. The van der Waals surface area contributed by atoms with Gasteiger partial charge in [-0.05, 0) is 69.9 Å². The average molecular weight is 341 g/mol. The van der Waals surface area contributed by atoms with Crippen LogP contribution in [0.3, 0.4) is 0 Å². The third kappa shape index (κ3) is 5.84. The van der Waals surface area contributed by atoms with E-state index in [9.17, 15) is 4.79 Å². The Labute approximate surface area is 152 Å². The van der Waals surface area contributed by atoms with Crippen molar-refractivity contribution in [1.29, 1.82) is 0 Å². The first-order chi connectivity index (χ1) is 11.8. The number of hydrogen-bond donors (Lipinski definition) is 0. The van der Waals surface area contributed by atoms with Crippen LogP contribution in [0.5, 0.6) is 0 Å². The molecule has 3 nitrogen and oxygen atoms in total. The number of allylic oxidation sites excluding steroid dienone is 8. The monoisotopic (exact) mass is 341 g/mol. The third-order valence-corrected chi connectivity index (χ3v) is 5.18. The van der Waals surface area contributed by atoms with E-state index in [1.165, 1.54) is 31.3 Å². The van der Waals surface area contributed by atoms with Crippen LogP contribution in [0.4, 0.5) is 0 Å². The van der Waals surface area contributed by atoms with Crippen LogP contribution in [-0.2, 0) is 9.63 Å². The van der Waals surface area contributed by atoms with E-state index in [1.807, 2.05) is 19.1 Å². The van der Waals surface area contributed by atoms with E-state index in [-0.39, 0.29) is 12.4 Å². The molecular formula is C22H31NO2. The van der Waals surface area contributed by atoms with Crippen LogP contribution >= 0.6 is 0 Å². The van der Waals surface area contributed by atoms with Crippen molar-refractivity contribution < 1.29 is 9.63 Å². The maximum Gasteiger partial charge on any atom is 0.341 e. The predicted octanol–water partition coefficient (Wildman–Crippen LogP) is 6.04. The largest absolute Gasteiger partial charge is 0.341 e. The summed E-state index contributed by atoms with van der Waals surface area (Å²) < 4.78 is 0. The summed E-state index contributed by atoms with van der Waals surface area (Å²) >= 11 is 0. The van der Waals surface area contributed by atoms with Crippen LogP contribution in [0.25, 0.3) is 0 Å². The molecule has 136 valence electrons. The fourth-order valence-electron chi connectivity index (χ4n) is 3.71. The van der Waals surface area contributed by atoms with Gasteiger partial charge in [-0.1, -0.05) is 54.0 Å². The Morgan fingerprint density at radius 1 is 1.32 bits per heavy atom. The summed E-state index contributed by atoms with van der Waals surface area (Å²) in [7, 11) is 0. The van der Waals surface area contributed by atoms with Crippen molar-refractivity contribution in [2.75, 3.05) is 0 Å². The first-order valence-electron chi connectivity index (χ1n) is 9.26. The Morgan fingerprint density at radius 3 is 2.72 bits per heavy atom. The van der Waals surface area contributed by atoms with Gasteiger partial charge in [-0.2, -0.15) is 0 Å². The van der Waals surface area contributed by atoms with Gasteiger partial charge in [-0.15, -0.1) is 0 Å². The predicted molar refractivity (Wildman–Crippen MR) is 104 cm³/mol. The molecule has 0 aromatic heterocycles. The minimum absolute atomic E-state index is 0.268. The van der Waals surface area contributed by atoms with Crippen LogP contribution in [0.15, 0.2) is 51.8 Å². The van der Waals surface area contributed by atoms with Crippen LogP contribution in [-0.4, -0.2) is 11.7 Å². The molecule has 2 rings (SSSR count). The van der Waals surface area contributed by atoms with Gasteiger partial charge in [0.15, 0.2) is 0 Å². The minimum atomic E-state index is -0.283. The summed E-state index contributed by atoms with van der Waals surface area (Å²) in [6.07, 6.45) is 14.6. The number of hydrogen-bond acceptors (Lipinski definition) is 3. The highest BCUT2D eigenvalue weighted by atomic mass is 16.7. The molecule has 0 unspecified atom stereocenters. The zero-order valence-corrected chi connectivity index (χ0v) is 16.3. The number of oxime groups is 1. The van der Waals surface area contributed by atoms with Crippen molar-refractivity contribution in [3.63, 3.8) is 0 Å². The van der Waals surface area contributed by atoms with E-state index in [0.717, 1.165) is 12.0 Å². The van der Waals surface area contributed by atoms with Crippen LogP contribution < -0.4 is 0 Å². The smallest absolute Gasteiger partial charge is 0.318 e. The number of rotatable bonds is 6. The normalized spacial score (nSPS) is 21.8. The van der Waals surface area contributed by atoms with Gasteiger partial charge in [-0.25, -0.2) is 4.79 Å². The van der Waals surface area contributed by atoms with E-state index < -0.39 is 0 Å². The molecule has 0 N–H and O–H groups in total. The van der Waals surface area contributed by atoms with Gasteiger partial charge in [0.25, 0.3) is 0 Å². The molecular weight excluding hydrogens is 310 g/mol. The molecule has 1 aliphatic carbocycles. The zero-order valence-electron chi connectivity index (χ0n) is 16.3. The molecule has 1 heterocycles. The molecule has 0 amide bonds. The molecule has 1 aliphatic heterocycles. The van der Waals surface area contributed by atoms with Gasteiger partial charge in [0.1, 0.15) is 0 Å². The lowest BCUT2D eigenvalue weighted by molar-refractivity contribution is -0.140. The van der Waals surface area contributed by atoms with Crippen molar-refractivity contribution in [2.24, 2.45) is 10.6 Å². The van der Waals surface area contributed by atoms with Gasteiger partial charge >= 0.3 is 5.97 Å². The van der Waals surface area contributed by atoms with Gasteiger partial charge in [0.05, 0.1) is 12.1 Å². The second kappa shape index (κ2) is 8.46. The maximum atomic E-state index is 11.0. The van der Waals surface area contributed by atoms with Crippen molar-refractivity contribution in [2.45, 2.75) is 73.1 Å². The molecule has 0 saturated heterocycles. The number of carbonyl (C=O) groups excluding carboxylic acids is 1. The molecule has 0 atom stereocenters. The first kappa shape index (κ1) is 19.4. The molecule has 2 aliphatic rings. The highest BCUT2D eigenvalue weighted by Gasteiger charge is 2.27. The minimum Gasteiger partial charge on any atom is -0.318 e. The summed E-state index contributed by atoms with van der Waals surface area (Å²) in [6, 6.07) is 0. The van der Waals surface area contributed by atoms with Gasteiger partial charge in [0, 0.05) is 0 Å². The van der Waals surface area contributed by atoms with Gasteiger partial charge in [0.2, 0.25) is 0 Å². The van der Waals surface area contributed by atoms with Crippen molar-refractivity contribution >= 4 is 11.7 Å². The van der Waals surface area contributed by atoms with Crippen LogP contribution in [0.2, 0.25) is 0 Å². The lowest BCUT2D eigenvalue weighted by Gasteiger charge is -2.34. The Kier molecular flexibility index (Phi) is 6.57. The molecule has 0 radical (unpaired) electrons. The third-order valence-electron chi connectivity index (χ3n) is 5.18. The lowest BCUT2D eigenvalue weighted by Crippen LogP contribution is -2.20. The molecule has 0 aromatic carbocycles. The summed E-state index contributed by atoms with van der Waals surface area (Å²) in [5, 5.41) is 3.74. The Bertz CT molecular complexity index is 672. The van der Waals surface area contributed by atoms with Crippen molar-refractivity contribution in [1.82, 2.24) is 0 Å². The van der Waals surface area contributed by atoms with Gasteiger partial charge in [-0.3, -0.25) is 0 Å². The molecule has 0 saturated carbocycles. The standard InChI is InChI=1S/C22H31NO2/c1-16(11-12-20-18(3)10-7-13-22(20,4)5)8-6-9-17(2)14-19-15-21(24)25-23-19/h6,8-9,14H,7,10-13,15H2,1-5H3/b9-6+,16-8+,17-14+. The highest BCUT2D eigenvalue weighted by Crippen LogP contribution is 2.42. The van der Waals surface area contributed by atoms with E-state index in [0.29, 0.717) is 11.1 Å². The molecule has 0 fully saturated rings. The topological polar surface area (TPSA) is 38.7 Å². The van der Waals surface area contributed by atoms with Crippen molar-refractivity contribution in [3.05, 3.63) is 46.6 Å². The lowest BCUT2D eigenvalue weighted by atomic mass is 9.71. The quantitative estimate of drug-likeness (QED) is 0.335. The highest BCUT2D eigenvalue weighted by molar-refractivity contribution is 6.08. The fourth-order valence-corrected chi connectivity index (χ4v) is 3.71. The molecule has 0 aromatic rings. The Balaban J connectivity index is 1.89. The fraction of sp³-hybridized carbons (Fsp3) is 0.545. The molecule has 3 heteroatoms. The van der Waals surface area contributed by atoms with Crippen molar-refractivity contribution in [3.8, 4) is 0 Å². The SMILES string of the molecule is CC1=C(CC/C(C)=C/C=C/C(C)=C/C2=NOC(=O)C2)C(C)(C)CCC1. The van der Waals surface area contributed by atoms with E-state index in [1.54, 1.807) is 11.1 Å². The maximum absolute atomic E-state index is 11.0. The first-order valence-corrected chi connectivity index (χ1v) is 9.26. The molecule has 0 spiro atoms. The van der Waals surface area contributed by atoms with Crippen LogP contribution in [0, 0.1) is 5.41 Å².